The Morgan fingerprint density at radius 1 is 1.50 bits per heavy atom. The topological polar surface area (TPSA) is 54.5 Å². The number of nitrogens with zero attached hydrogens (tertiary/aromatic N) is 4. The fourth-order valence-electron chi connectivity index (χ4n) is 1.09. The molecule has 2 heterocycles. The van der Waals surface area contributed by atoms with Gasteiger partial charge >= 0.3 is 0 Å². The van der Waals surface area contributed by atoms with Gasteiger partial charge in [0.2, 0.25) is 0 Å². The number of fused-ring (bicyclic) bond motifs is 1. The van der Waals surface area contributed by atoms with Gasteiger partial charge in [0.05, 0.1) is 12.4 Å². The van der Waals surface area contributed by atoms with Crippen LogP contribution >= 0.6 is 0 Å². The van der Waals surface area contributed by atoms with Gasteiger partial charge in [0, 0.05) is 6.20 Å². The van der Waals surface area contributed by atoms with Crippen LogP contribution in [0.3, 0.4) is 0 Å². The highest BCUT2D eigenvalue weighted by Gasteiger charge is 2.00. The van der Waals surface area contributed by atoms with Crippen molar-refractivity contribution in [1.29, 1.82) is 5.26 Å². The van der Waals surface area contributed by atoms with Gasteiger partial charge in [-0.1, -0.05) is 0 Å². The van der Waals surface area contributed by atoms with E-state index in [0.29, 0.717) is 6.54 Å². The Hall–Kier alpha value is -1.89. The van der Waals surface area contributed by atoms with E-state index in [9.17, 15) is 0 Å². The van der Waals surface area contributed by atoms with E-state index in [1.807, 2.05) is 18.2 Å². The second-order valence-corrected chi connectivity index (χ2v) is 2.38. The minimum atomic E-state index is 0.299. The lowest BCUT2D eigenvalue weighted by Crippen LogP contribution is -1.93. The van der Waals surface area contributed by atoms with Crippen molar-refractivity contribution >= 4 is 11.2 Å². The molecule has 12 heavy (non-hydrogen) atoms. The number of aromatic nitrogens is 3. The van der Waals surface area contributed by atoms with E-state index in [-0.39, 0.29) is 0 Å². The third kappa shape index (κ3) is 0.920. The second-order valence-electron chi connectivity index (χ2n) is 2.38. The Balaban J connectivity index is 2.64. The van der Waals surface area contributed by atoms with Gasteiger partial charge in [0.25, 0.3) is 0 Å². The van der Waals surface area contributed by atoms with Gasteiger partial charge in [-0.3, -0.25) is 0 Å². The van der Waals surface area contributed by atoms with Crippen LogP contribution in [0.25, 0.3) is 11.2 Å². The van der Waals surface area contributed by atoms with Crippen molar-refractivity contribution in [2.45, 2.75) is 6.54 Å². The van der Waals surface area contributed by atoms with E-state index in [1.54, 1.807) is 17.1 Å². The third-order valence-corrected chi connectivity index (χ3v) is 1.62. The highest BCUT2D eigenvalue weighted by atomic mass is 15.1. The van der Waals surface area contributed by atoms with Crippen molar-refractivity contribution in [2.75, 3.05) is 0 Å². The molecule has 2 rings (SSSR count). The molecule has 0 saturated carbocycles. The van der Waals surface area contributed by atoms with Crippen LogP contribution in [0.5, 0.6) is 0 Å². The molecular formula is C8H6N4. The van der Waals surface area contributed by atoms with E-state index < -0.39 is 0 Å². The summed E-state index contributed by atoms with van der Waals surface area (Å²) in [4.78, 5) is 8.20. The number of hydrogen-bond acceptors (Lipinski definition) is 3. The smallest absolute Gasteiger partial charge is 0.160 e. The van der Waals surface area contributed by atoms with Crippen LogP contribution in [0.4, 0.5) is 0 Å². The Morgan fingerprint density at radius 3 is 3.25 bits per heavy atom. The molecule has 0 amide bonds. The predicted molar refractivity (Wildman–Crippen MR) is 43.1 cm³/mol. The first kappa shape index (κ1) is 6.80. The maximum Gasteiger partial charge on any atom is 0.160 e. The maximum atomic E-state index is 8.47. The van der Waals surface area contributed by atoms with Gasteiger partial charge in [0.1, 0.15) is 12.1 Å². The standard InChI is InChI=1S/C8H6N4/c9-3-5-12-6-11-7-2-1-4-10-8(7)12/h1-2,4,6H,5H2. The average molecular weight is 158 g/mol. The lowest BCUT2D eigenvalue weighted by Gasteiger charge is -1.93. The Bertz CT molecular complexity index is 437. The van der Waals surface area contributed by atoms with Crippen molar-refractivity contribution in [3.05, 3.63) is 24.7 Å². The summed E-state index contributed by atoms with van der Waals surface area (Å²) in [5.74, 6) is 0. The summed E-state index contributed by atoms with van der Waals surface area (Å²) in [6.07, 6.45) is 3.32. The van der Waals surface area contributed by atoms with Crippen LogP contribution in [0.2, 0.25) is 0 Å². The summed E-state index contributed by atoms with van der Waals surface area (Å²) in [5.41, 5.74) is 1.59. The Labute approximate surface area is 69.1 Å². The van der Waals surface area contributed by atoms with Gasteiger partial charge in [0.15, 0.2) is 5.65 Å². The van der Waals surface area contributed by atoms with E-state index in [2.05, 4.69) is 9.97 Å². The van der Waals surface area contributed by atoms with Crippen LogP contribution in [0.1, 0.15) is 0 Å². The predicted octanol–water partition coefficient (Wildman–Crippen LogP) is 0.955. The molecule has 0 radical (unpaired) electrons. The van der Waals surface area contributed by atoms with Crippen LogP contribution in [0.15, 0.2) is 24.7 Å². The molecule has 0 aromatic carbocycles. The summed E-state index contributed by atoms with van der Waals surface area (Å²) in [6, 6.07) is 5.74. The molecule has 4 nitrogen and oxygen atoms in total. The first-order valence-electron chi connectivity index (χ1n) is 3.54. The van der Waals surface area contributed by atoms with Crippen LogP contribution < -0.4 is 0 Å². The molecule has 0 N–H and O–H groups in total. The average Bonchev–Trinajstić information content (AvgIpc) is 2.50. The molecule has 2 aromatic heterocycles. The van der Waals surface area contributed by atoms with Crippen molar-refractivity contribution in [3.8, 4) is 6.07 Å². The van der Waals surface area contributed by atoms with Gasteiger partial charge in [-0.05, 0) is 12.1 Å². The molecule has 2 aromatic rings. The zero-order valence-electron chi connectivity index (χ0n) is 6.31. The minimum Gasteiger partial charge on any atom is -0.301 e. The van der Waals surface area contributed by atoms with E-state index in [1.165, 1.54) is 0 Å². The number of pyridine rings is 1. The van der Waals surface area contributed by atoms with Crippen molar-refractivity contribution in [2.24, 2.45) is 0 Å². The highest BCUT2D eigenvalue weighted by Crippen LogP contribution is 2.07. The summed E-state index contributed by atoms with van der Waals surface area (Å²) < 4.78 is 1.72. The Kier molecular flexibility index (Phi) is 1.49. The highest BCUT2D eigenvalue weighted by molar-refractivity contribution is 5.70. The van der Waals surface area contributed by atoms with Gasteiger partial charge in [-0.2, -0.15) is 5.26 Å². The van der Waals surface area contributed by atoms with Gasteiger partial charge < -0.3 is 4.57 Å². The fraction of sp³-hybridized carbons (Fsp3) is 0.125. The zero-order valence-corrected chi connectivity index (χ0v) is 6.31. The molecule has 0 fully saturated rings. The van der Waals surface area contributed by atoms with E-state index in [4.69, 9.17) is 5.26 Å². The van der Waals surface area contributed by atoms with Crippen LogP contribution in [-0.2, 0) is 6.54 Å². The summed E-state index contributed by atoms with van der Waals surface area (Å²) in [6.45, 7) is 0.299. The molecule has 0 aliphatic heterocycles. The monoisotopic (exact) mass is 158 g/mol. The lowest BCUT2D eigenvalue weighted by atomic mass is 10.4. The fourth-order valence-corrected chi connectivity index (χ4v) is 1.09. The van der Waals surface area contributed by atoms with Gasteiger partial charge in [-0.15, -0.1) is 0 Å². The molecule has 0 saturated heterocycles. The molecule has 0 bridgehead atoms. The third-order valence-electron chi connectivity index (χ3n) is 1.62. The molecule has 0 unspecified atom stereocenters. The van der Waals surface area contributed by atoms with E-state index in [0.717, 1.165) is 11.2 Å². The molecular weight excluding hydrogens is 152 g/mol. The SMILES string of the molecule is N#CCn1cnc2cccnc21. The number of imidazole rings is 1. The molecule has 0 atom stereocenters. The Morgan fingerprint density at radius 2 is 2.42 bits per heavy atom. The molecule has 0 spiro atoms. The lowest BCUT2D eigenvalue weighted by molar-refractivity contribution is 0.848. The van der Waals surface area contributed by atoms with Crippen LogP contribution in [-0.4, -0.2) is 14.5 Å². The number of rotatable bonds is 1. The van der Waals surface area contributed by atoms with Crippen molar-refractivity contribution in [3.63, 3.8) is 0 Å². The van der Waals surface area contributed by atoms with Crippen molar-refractivity contribution < 1.29 is 0 Å². The second kappa shape index (κ2) is 2.62. The minimum absolute atomic E-state index is 0.299. The van der Waals surface area contributed by atoms with Crippen molar-refractivity contribution in [1.82, 2.24) is 14.5 Å². The number of hydrogen-bond donors (Lipinski definition) is 0. The summed E-state index contributed by atoms with van der Waals surface area (Å²) in [5, 5.41) is 8.47. The summed E-state index contributed by atoms with van der Waals surface area (Å²) >= 11 is 0. The zero-order chi connectivity index (χ0) is 8.39. The molecule has 4 heteroatoms. The largest absolute Gasteiger partial charge is 0.301 e. The maximum absolute atomic E-state index is 8.47. The molecule has 0 aliphatic carbocycles. The first-order valence-corrected chi connectivity index (χ1v) is 3.54. The molecule has 58 valence electrons. The number of nitriles is 1. The quantitative estimate of drug-likeness (QED) is 0.621. The van der Waals surface area contributed by atoms with Gasteiger partial charge in [-0.25, -0.2) is 9.97 Å². The molecule has 0 aliphatic rings. The van der Waals surface area contributed by atoms with Crippen LogP contribution in [0, 0.1) is 11.3 Å². The summed E-state index contributed by atoms with van der Waals surface area (Å²) in [7, 11) is 0. The van der Waals surface area contributed by atoms with E-state index >= 15 is 0 Å². The normalized spacial score (nSPS) is 9.92. The first-order chi connectivity index (χ1) is 5.92.